The zero-order valence-corrected chi connectivity index (χ0v) is 9.76. The highest BCUT2D eigenvalue weighted by Gasteiger charge is 2.15. The fourth-order valence-electron chi connectivity index (χ4n) is 0.771. The van der Waals surface area contributed by atoms with Crippen LogP contribution in [0, 0.1) is 0 Å². The molecule has 0 aliphatic rings. The first-order valence-corrected chi connectivity index (χ1v) is 5.34. The molecule has 0 bridgehead atoms. The Labute approximate surface area is 92.5 Å². The van der Waals surface area contributed by atoms with Gasteiger partial charge in [0.15, 0.2) is 5.12 Å². The summed E-state index contributed by atoms with van der Waals surface area (Å²) in [6.07, 6.45) is -0.569. The second kappa shape index (κ2) is 7.28. The van der Waals surface area contributed by atoms with E-state index in [1.807, 2.05) is 0 Å². The minimum Gasteiger partial charge on any atom is -0.462 e. The second-order valence-electron chi connectivity index (χ2n) is 2.84. The Kier molecular flexibility index (Phi) is 6.77. The van der Waals surface area contributed by atoms with Gasteiger partial charge in [-0.05, 0) is 0 Å². The molecule has 0 saturated heterocycles. The molecule has 0 fully saturated rings. The molecule has 0 radical (unpaired) electrons. The summed E-state index contributed by atoms with van der Waals surface area (Å²) in [5.41, 5.74) is 0. The lowest BCUT2D eigenvalue weighted by Gasteiger charge is -2.15. The molecule has 0 spiro atoms. The molecule has 0 N–H and O–H groups in total. The van der Waals surface area contributed by atoms with E-state index in [-0.39, 0.29) is 11.7 Å². The van der Waals surface area contributed by atoms with E-state index in [2.05, 4.69) is 0 Å². The maximum Gasteiger partial charge on any atom is 0.303 e. The standard InChI is InChI=1S/C9H14O5S/c1-6(10)13-4-9(14-7(2)11)5-15-8(3)12/h9H,4-5H2,1-3H3/t9-/m0/s1. The third-order valence-corrected chi connectivity index (χ3v) is 2.22. The number of hydrogen-bond donors (Lipinski definition) is 0. The summed E-state index contributed by atoms with van der Waals surface area (Å²) in [5.74, 6) is -0.612. The van der Waals surface area contributed by atoms with Gasteiger partial charge in [-0.2, -0.15) is 0 Å². The van der Waals surface area contributed by atoms with Crippen LogP contribution in [0.2, 0.25) is 0 Å². The molecule has 86 valence electrons. The van der Waals surface area contributed by atoms with Crippen LogP contribution in [-0.2, 0) is 23.9 Å². The van der Waals surface area contributed by atoms with Crippen LogP contribution in [-0.4, -0.2) is 35.5 Å². The predicted octanol–water partition coefficient (Wildman–Crippen LogP) is 0.761. The van der Waals surface area contributed by atoms with Gasteiger partial charge in [-0.3, -0.25) is 14.4 Å². The molecule has 0 aliphatic heterocycles. The molecule has 0 aromatic rings. The molecule has 6 heteroatoms. The number of ether oxygens (including phenoxy) is 2. The number of carbonyl (C=O) groups is 3. The summed E-state index contributed by atoms with van der Waals surface area (Å²) in [6.45, 7) is 3.93. The minimum absolute atomic E-state index is 0.0187. The molecule has 0 rings (SSSR count). The lowest BCUT2D eigenvalue weighted by molar-refractivity contribution is -0.154. The first-order chi connectivity index (χ1) is 6.91. The monoisotopic (exact) mass is 234 g/mol. The molecule has 0 aliphatic carbocycles. The van der Waals surface area contributed by atoms with Crippen LogP contribution in [0.15, 0.2) is 0 Å². The summed E-state index contributed by atoms with van der Waals surface area (Å²) >= 11 is 1.03. The third kappa shape index (κ3) is 9.27. The Hall–Kier alpha value is -1.04. The molecule has 0 aromatic carbocycles. The van der Waals surface area contributed by atoms with E-state index < -0.39 is 18.0 Å². The zero-order chi connectivity index (χ0) is 11.8. The normalized spacial score (nSPS) is 11.7. The highest BCUT2D eigenvalue weighted by atomic mass is 32.2. The van der Waals surface area contributed by atoms with Gasteiger partial charge in [-0.25, -0.2) is 0 Å². The van der Waals surface area contributed by atoms with Crippen LogP contribution < -0.4 is 0 Å². The summed E-state index contributed by atoms with van der Waals surface area (Å²) in [5, 5.41) is -0.0741. The second-order valence-corrected chi connectivity index (χ2v) is 4.03. The van der Waals surface area contributed by atoms with Crippen molar-refractivity contribution in [3.63, 3.8) is 0 Å². The molecule has 15 heavy (non-hydrogen) atoms. The van der Waals surface area contributed by atoms with Crippen LogP contribution in [0.5, 0.6) is 0 Å². The van der Waals surface area contributed by atoms with Gasteiger partial charge in [-0.1, -0.05) is 11.8 Å². The van der Waals surface area contributed by atoms with Crippen molar-refractivity contribution in [3.05, 3.63) is 0 Å². The molecular weight excluding hydrogens is 220 g/mol. The maximum absolute atomic E-state index is 10.7. The van der Waals surface area contributed by atoms with E-state index in [4.69, 9.17) is 9.47 Å². The van der Waals surface area contributed by atoms with Crippen LogP contribution in [0.4, 0.5) is 0 Å². The van der Waals surface area contributed by atoms with Gasteiger partial charge in [0.05, 0.1) is 0 Å². The first kappa shape index (κ1) is 14.0. The lowest BCUT2D eigenvalue weighted by atomic mass is 10.4. The van der Waals surface area contributed by atoms with Crippen LogP contribution in [0.3, 0.4) is 0 Å². The molecule has 1 atom stereocenters. The van der Waals surface area contributed by atoms with Gasteiger partial charge in [0.1, 0.15) is 12.7 Å². The predicted molar refractivity (Wildman–Crippen MR) is 55.3 cm³/mol. The average molecular weight is 234 g/mol. The van der Waals surface area contributed by atoms with E-state index in [1.54, 1.807) is 0 Å². The van der Waals surface area contributed by atoms with Gasteiger partial charge in [-0.15, -0.1) is 0 Å². The summed E-state index contributed by atoms with van der Waals surface area (Å²) in [6, 6.07) is 0. The van der Waals surface area contributed by atoms with Gasteiger partial charge >= 0.3 is 11.9 Å². The van der Waals surface area contributed by atoms with Crippen LogP contribution in [0.25, 0.3) is 0 Å². The Morgan fingerprint density at radius 2 is 1.73 bits per heavy atom. The van der Waals surface area contributed by atoms with Crippen molar-refractivity contribution < 1.29 is 23.9 Å². The van der Waals surface area contributed by atoms with Crippen molar-refractivity contribution in [2.75, 3.05) is 12.4 Å². The fourth-order valence-corrected chi connectivity index (χ4v) is 1.36. The molecule has 0 heterocycles. The Morgan fingerprint density at radius 1 is 1.13 bits per heavy atom. The van der Waals surface area contributed by atoms with Crippen molar-refractivity contribution in [3.8, 4) is 0 Å². The minimum atomic E-state index is -0.569. The number of hydrogen-bond acceptors (Lipinski definition) is 6. The molecule has 0 amide bonds. The quantitative estimate of drug-likeness (QED) is 0.654. The van der Waals surface area contributed by atoms with Crippen molar-refractivity contribution in [2.24, 2.45) is 0 Å². The van der Waals surface area contributed by atoms with E-state index in [9.17, 15) is 14.4 Å². The zero-order valence-electron chi connectivity index (χ0n) is 8.94. The number of thioether (sulfide) groups is 1. The largest absolute Gasteiger partial charge is 0.462 e. The van der Waals surface area contributed by atoms with Gasteiger partial charge in [0, 0.05) is 26.5 Å². The van der Waals surface area contributed by atoms with Crippen LogP contribution in [0.1, 0.15) is 20.8 Å². The third-order valence-electron chi connectivity index (χ3n) is 1.28. The van der Waals surface area contributed by atoms with Gasteiger partial charge < -0.3 is 9.47 Å². The molecule has 0 unspecified atom stereocenters. The van der Waals surface area contributed by atoms with E-state index in [0.717, 1.165) is 11.8 Å². The summed E-state index contributed by atoms with van der Waals surface area (Å²) < 4.78 is 9.56. The highest BCUT2D eigenvalue weighted by Crippen LogP contribution is 2.07. The maximum atomic E-state index is 10.7. The Balaban J connectivity index is 3.99. The van der Waals surface area contributed by atoms with E-state index in [1.165, 1.54) is 20.8 Å². The summed E-state index contributed by atoms with van der Waals surface area (Å²) in [4.78, 5) is 31.9. The van der Waals surface area contributed by atoms with Crippen molar-refractivity contribution >= 4 is 28.8 Å². The number of rotatable bonds is 5. The molecule has 5 nitrogen and oxygen atoms in total. The fraction of sp³-hybridized carbons (Fsp3) is 0.667. The number of esters is 2. The first-order valence-electron chi connectivity index (χ1n) is 4.35. The smallest absolute Gasteiger partial charge is 0.303 e. The molecular formula is C9H14O5S. The van der Waals surface area contributed by atoms with E-state index >= 15 is 0 Å². The topological polar surface area (TPSA) is 69.7 Å². The lowest BCUT2D eigenvalue weighted by Crippen LogP contribution is -2.26. The summed E-state index contributed by atoms with van der Waals surface area (Å²) in [7, 11) is 0. The van der Waals surface area contributed by atoms with Crippen molar-refractivity contribution in [2.45, 2.75) is 26.9 Å². The Bertz CT molecular complexity index is 233. The average Bonchev–Trinajstić information content (AvgIpc) is 2.08. The van der Waals surface area contributed by atoms with Crippen LogP contribution >= 0.6 is 11.8 Å². The molecule has 0 aromatic heterocycles. The molecule has 0 saturated carbocycles. The van der Waals surface area contributed by atoms with Crippen molar-refractivity contribution in [1.82, 2.24) is 0 Å². The van der Waals surface area contributed by atoms with Gasteiger partial charge in [0.2, 0.25) is 0 Å². The highest BCUT2D eigenvalue weighted by molar-refractivity contribution is 8.13. The number of carbonyl (C=O) groups excluding carboxylic acids is 3. The Morgan fingerprint density at radius 3 is 2.13 bits per heavy atom. The van der Waals surface area contributed by atoms with Gasteiger partial charge in [0.25, 0.3) is 0 Å². The van der Waals surface area contributed by atoms with Crippen molar-refractivity contribution in [1.29, 1.82) is 0 Å². The SMILES string of the molecule is CC(=O)OC[C@@H](CSC(C)=O)OC(C)=O. The van der Waals surface area contributed by atoms with E-state index in [0.29, 0.717) is 5.75 Å².